The monoisotopic (exact) mass is 290 g/mol. The maximum atomic E-state index is 4.35. The fourth-order valence-corrected chi connectivity index (χ4v) is 8.10. The van der Waals surface area contributed by atoms with Gasteiger partial charge in [0.1, 0.15) is 0 Å². The Morgan fingerprint density at radius 2 is 1.12 bits per heavy atom. The topological polar surface area (TPSA) is 86.0 Å². The molecule has 0 unspecified atom stereocenters. The van der Waals surface area contributed by atoms with Gasteiger partial charge in [0.15, 0.2) is 0 Å². The molecule has 0 saturated carbocycles. The van der Waals surface area contributed by atoms with Gasteiger partial charge in [-0.25, -0.2) is 0 Å². The summed E-state index contributed by atoms with van der Waals surface area (Å²) in [6, 6.07) is 6.05. The van der Waals surface area contributed by atoms with Crippen LogP contribution in [0.2, 0.25) is 5.76 Å². The molecule has 0 bridgehead atoms. The van der Waals surface area contributed by atoms with E-state index >= 15 is 0 Å². The van der Waals surface area contributed by atoms with E-state index in [1.165, 1.54) is 0 Å². The average molecular weight is 289 g/mol. The van der Waals surface area contributed by atoms with Crippen molar-refractivity contribution in [3.63, 3.8) is 0 Å². The molecule has 3 aromatic heterocycles. The van der Waals surface area contributed by atoms with Crippen molar-refractivity contribution in [3.05, 3.63) is 36.8 Å². The Balaban J connectivity index is 2.21. The van der Waals surface area contributed by atoms with Crippen molar-refractivity contribution in [1.82, 2.24) is 30.6 Å². The fraction of sp³-hybridized carbons (Fsp3) is 0.100. The van der Waals surface area contributed by atoms with E-state index in [0.717, 1.165) is 13.6 Å². The molecule has 3 rings (SSSR count). The molecule has 0 aliphatic heterocycles. The van der Waals surface area contributed by atoms with E-state index in [2.05, 4.69) is 36.3 Å². The average Bonchev–Trinajstić information content (AvgIpc) is 3.10. The minimum absolute atomic E-state index is 1.07. The molecule has 0 amide bonds. The van der Waals surface area contributed by atoms with E-state index < -0.39 is 13.3 Å². The van der Waals surface area contributed by atoms with Gasteiger partial charge in [0.25, 0.3) is 0 Å². The summed E-state index contributed by atoms with van der Waals surface area (Å²) >= 11 is -2.74. The molecule has 3 heterocycles. The van der Waals surface area contributed by atoms with Crippen molar-refractivity contribution in [2.24, 2.45) is 0 Å². The van der Waals surface area contributed by atoms with Gasteiger partial charge in [-0.05, 0) is 0 Å². The predicted octanol–water partition coefficient (Wildman–Crippen LogP) is -1.04. The van der Waals surface area contributed by atoms with E-state index in [1.54, 1.807) is 0 Å². The second kappa shape index (κ2) is 3.88. The Morgan fingerprint density at radius 3 is 1.35 bits per heavy atom. The first kappa shape index (κ1) is 10.3. The zero-order valence-electron chi connectivity index (χ0n) is 9.31. The molecular weight excluding hydrogens is 277 g/mol. The van der Waals surface area contributed by atoms with Crippen LogP contribution < -0.4 is 13.6 Å². The fourth-order valence-electron chi connectivity index (χ4n) is 2.01. The van der Waals surface area contributed by atoms with Crippen LogP contribution in [-0.2, 0) is 0 Å². The summed E-state index contributed by atoms with van der Waals surface area (Å²) in [5.41, 5.74) is 0. The van der Waals surface area contributed by atoms with Crippen LogP contribution in [0.5, 0.6) is 0 Å². The SMILES string of the molecule is [CH3][Ge]([c]1cc[nH]n1)([c]1cc[nH]n1)[c]1cc[nH]n1. The number of hydrogen-bond donors (Lipinski definition) is 3. The summed E-state index contributed by atoms with van der Waals surface area (Å²) < 4.78 is 3.22. The van der Waals surface area contributed by atoms with Gasteiger partial charge < -0.3 is 0 Å². The van der Waals surface area contributed by atoms with Gasteiger partial charge in [-0.3, -0.25) is 0 Å². The van der Waals surface area contributed by atoms with Crippen molar-refractivity contribution in [2.45, 2.75) is 5.76 Å². The Kier molecular flexibility index (Phi) is 2.36. The molecule has 0 saturated heterocycles. The standard InChI is InChI=1S/C10H12GeN6/c1-11(8-2-5-12-15-8,9-3-6-13-16-9)10-4-7-14-17-10/h2-7H,1H3,(H,12,15)(H,13,16)(H,14,17). The molecule has 6 nitrogen and oxygen atoms in total. The molecule has 0 spiro atoms. The second-order valence-corrected chi connectivity index (χ2v) is 11.9. The Labute approximate surface area is 100 Å². The molecule has 0 aliphatic rings. The van der Waals surface area contributed by atoms with Gasteiger partial charge >= 0.3 is 100.0 Å². The summed E-state index contributed by atoms with van der Waals surface area (Å²) in [5.74, 6) is 2.24. The molecule has 0 aliphatic carbocycles. The molecule has 0 aromatic carbocycles. The number of aromatic amines is 3. The summed E-state index contributed by atoms with van der Waals surface area (Å²) in [4.78, 5) is 0. The van der Waals surface area contributed by atoms with E-state index in [0.29, 0.717) is 0 Å². The van der Waals surface area contributed by atoms with Crippen molar-refractivity contribution in [3.8, 4) is 0 Å². The van der Waals surface area contributed by atoms with Crippen LogP contribution in [-0.4, -0.2) is 43.9 Å². The minimum atomic E-state index is -2.74. The molecule has 0 fully saturated rings. The number of aromatic nitrogens is 6. The third kappa shape index (κ3) is 1.52. The summed E-state index contributed by atoms with van der Waals surface area (Å²) in [7, 11) is 0. The third-order valence-electron chi connectivity index (χ3n) is 3.04. The number of rotatable bonds is 3. The summed E-state index contributed by atoms with van der Waals surface area (Å²) in [5, 5.41) is 21.7. The van der Waals surface area contributed by atoms with Gasteiger partial charge in [-0.1, -0.05) is 0 Å². The van der Waals surface area contributed by atoms with Crippen LogP contribution >= 0.6 is 0 Å². The number of nitrogens with one attached hydrogen (secondary N) is 3. The first-order valence-corrected chi connectivity index (χ1v) is 10.6. The Morgan fingerprint density at radius 1 is 0.765 bits per heavy atom. The summed E-state index contributed by atoms with van der Waals surface area (Å²) in [6.07, 6.45) is 5.54. The molecule has 0 atom stereocenters. The molecule has 3 aromatic rings. The van der Waals surface area contributed by atoms with Crippen LogP contribution in [0.25, 0.3) is 0 Å². The molecule has 17 heavy (non-hydrogen) atoms. The summed E-state index contributed by atoms with van der Waals surface area (Å²) in [6.45, 7) is 0. The quantitative estimate of drug-likeness (QED) is 0.538. The molecule has 3 N–H and O–H groups in total. The van der Waals surface area contributed by atoms with Crippen molar-refractivity contribution in [2.75, 3.05) is 0 Å². The van der Waals surface area contributed by atoms with Crippen molar-refractivity contribution < 1.29 is 0 Å². The zero-order chi connectivity index (χ0) is 11.7. The van der Waals surface area contributed by atoms with Gasteiger partial charge in [-0.2, -0.15) is 0 Å². The predicted molar refractivity (Wildman–Crippen MR) is 66.3 cm³/mol. The van der Waals surface area contributed by atoms with Crippen LogP contribution in [0.15, 0.2) is 36.8 Å². The Hall–Kier alpha value is -1.83. The van der Waals surface area contributed by atoms with Crippen molar-refractivity contribution >= 4 is 26.8 Å². The Bertz CT molecular complexity index is 484. The molecular formula is C10H12GeN6. The number of hydrogen-bond acceptors (Lipinski definition) is 3. The van der Waals surface area contributed by atoms with Gasteiger partial charge in [0.2, 0.25) is 0 Å². The molecule has 7 heteroatoms. The van der Waals surface area contributed by atoms with E-state index in [1.807, 2.05) is 36.8 Å². The normalized spacial score (nSPS) is 11.8. The first-order chi connectivity index (χ1) is 8.32. The van der Waals surface area contributed by atoms with E-state index in [-0.39, 0.29) is 0 Å². The maximum absolute atomic E-state index is 4.35. The third-order valence-corrected chi connectivity index (χ3v) is 11.2. The number of nitrogens with zero attached hydrogens (tertiary/aromatic N) is 3. The van der Waals surface area contributed by atoms with Gasteiger partial charge in [0, 0.05) is 0 Å². The van der Waals surface area contributed by atoms with Gasteiger partial charge in [-0.15, -0.1) is 0 Å². The first-order valence-electron chi connectivity index (χ1n) is 5.32. The molecule has 86 valence electrons. The van der Waals surface area contributed by atoms with Crippen LogP contribution in [0, 0.1) is 0 Å². The zero-order valence-corrected chi connectivity index (χ0v) is 11.4. The van der Waals surface area contributed by atoms with E-state index in [9.17, 15) is 0 Å². The second-order valence-electron chi connectivity index (χ2n) is 4.00. The van der Waals surface area contributed by atoms with Crippen LogP contribution in [0.3, 0.4) is 0 Å². The van der Waals surface area contributed by atoms with E-state index in [4.69, 9.17) is 0 Å². The molecule has 0 radical (unpaired) electrons. The van der Waals surface area contributed by atoms with Crippen molar-refractivity contribution in [1.29, 1.82) is 0 Å². The van der Waals surface area contributed by atoms with Gasteiger partial charge in [0.05, 0.1) is 0 Å². The van der Waals surface area contributed by atoms with Crippen LogP contribution in [0.1, 0.15) is 0 Å². The van der Waals surface area contributed by atoms with Crippen LogP contribution in [0.4, 0.5) is 0 Å². The number of H-pyrrole nitrogens is 3.